The van der Waals surface area contributed by atoms with Crippen molar-refractivity contribution in [3.05, 3.63) is 34.0 Å². The summed E-state index contributed by atoms with van der Waals surface area (Å²) in [5.41, 5.74) is 3.88. The zero-order valence-electron chi connectivity index (χ0n) is 12.5. The van der Waals surface area contributed by atoms with Crippen LogP contribution in [0.4, 0.5) is 0 Å². The standard InChI is InChI=1S/C14H22N4O2S/c1-11-14(21-10-16-11)4-6-20-9-13(19)8-15-7-12-3-5-18(2)17-12/h3,5,10,13,15,19H,4,6-9H2,1-2H3. The van der Waals surface area contributed by atoms with Crippen LogP contribution in [0.25, 0.3) is 0 Å². The zero-order chi connectivity index (χ0) is 15.1. The van der Waals surface area contributed by atoms with Crippen molar-refractivity contribution in [1.82, 2.24) is 20.1 Å². The van der Waals surface area contributed by atoms with Crippen molar-refractivity contribution >= 4 is 11.3 Å². The number of aryl methyl sites for hydroxylation is 2. The fourth-order valence-corrected chi connectivity index (χ4v) is 2.70. The monoisotopic (exact) mass is 310 g/mol. The van der Waals surface area contributed by atoms with Gasteiger partial charge in [0.25, 0.3) is 0 Å². The summed E-state index contributed by atoms with van der Waals surface area (Å²) in [6.45, 7) is 4.10. The molecule has 2 rings (SSSR count). The van der Waals surface area contributed by atoms with E-state index in [-0.39, 0.29) is 0 Å². The van der Waals surface area contributed by atoms with E-state index in [0.29, 0.717) is 26.3 Å². The number of thiazole rings is 1. The Bertz CT molecular complexity index is 541. The number of aliphatic hydroxyl groups is 1. The van der Waals surface area contributed by atoms with Crippen LogP contribution in [0.1, 0.15) is 16.3 Å². The molecule has 0 fully saturated rings. The number of hydrogen-bond acceptors (Lipinski definition) is 6. The summed E-state index contributed by atoms with van der Waals surface area (Å²) in [5.74, 6) is 0. The van der Waals surface area contributed by atoms with Gasteiger partial charge in [-0.15, -0.1) is 11.3 Å². The third kappa shape index (κ3) is 5.55. The molecule has 6 nitrogen and oxygen atoms in total. The van der Waals surface area contributed by atoms with E-state index >= 15 is 0 Å². The maximum absolute atomic E-state index is 9.82. The van der Waals surface area contributed by atoms with Crippen LogP contribution < -0.4 is 5.32 Å². The second kappa shape index (κ2) is 8.23. The van der Waals surface area contributed by atoms with Gasteiger partial charge in [0.2, 0.25) is 0 Å². The van der Waals surface area contributed by atoms with Crippen molar-refractivity contribution in [2.75, 3.05) is 19.8 Å². The highest BCUT2D eigenvalue weighted by Gasteiger charge is 2.06. The lowest BCUT2D eigenvalue weighted by atomic mass is 10.3. The summed E-state index contributed by atoms with van der Waals surface area (Å²) < 4.78 is 7.26. The van der Waals surface area contributed by atoms with Gasteiger partial charge in [-0.1, -0.05) is 0 Å². The molecular formula is C14H22N4O2S. The number of rotatable bonds is 9. The molecule has 1 unspecified atom stereocenters. The minimum absolute atomic E-state index is 0.340. The first-order valence-corrected chi connectivity index (χ1v) is 7.87. The molecule has 0 saturated carbocycles. The van der Waals surface area contributed by atoms with E-state index in [1.165, 1.54) is 4.88 Å². The van der Waals surface area contributed by atoms with Gasteiger partial charge < -0.3 is 15.2 Å². The smallest absolute Gasteiger partial charge is 0.0897 e. The van der Waals surface area contributed by atoms with Gasteiger partial charge >= 0.3 is 0 Å². The van der Waals surface area contributed by atoms with E-state index in [2.05, 4.69) is 15.4 Å². The highest BCUT2D eigenvalue weighted by molar-refractivity contribution is 7.09. The Morgan fingerprint density at radius 2 is 2.38 bits per heavy atom. The first-order valence-electron chi connectivity index (χ1n) is 6.99. The summed E-state index contributed by atoms with van der Waals surface area (Å²) in [6, 6.07) is 1.95. The van der Waals surface area contributed by atoms with E-state index in [0.717, 1.165) is 17.8 Å². The summed E-state index contributed by atoms with van der Waals surface area (Å²) in [6.07, 6.45) is 2.25. The van der Waals surface area contributed by atoms with Crippen LogP contribution in [0.15, 0.2) is 17.8 Å². The topological polar surface area (TPSA) is 72.2 Å². The molecule has 2 N–H and O–H groups in total. The van der Waals surface area contributed by atoms with Gasteiger partial charge in [0.05, 0.1) is 36.2 Å². The van der Waals surface area contributed by atoms with Crippen LogP contribution in [-0.4, -0.2) is 45.7 Å². The highest BCUT2D eigenvalue weighted by atomic mass is 32.1. The Labute approximate surface area is 128 Å². The van der Waals surface area contributed by atoms with Crippen molar-refractivity contribution in [2.45, 2.75) is 26.0 Å². The summed E-state index contributed by atoms with van der Waals surface area (Å²) in [7, 11) is 1.89. The quantitative estimate of drug-likeness (QED) is 0.673. The average molecular weight is 310 g/mol. The third-order valence-corrected chi connectivity index (χ3v) is 4.08. The van der Waals surface area contributed by atoms with Crippen LogP contribution in [0.2, 0.25) is 0 Å². The van der Waals surface area contributed by atoms with E-state index in [1.54, 1.807) is 16.0 Å². The lowest BCUT2D eigenvalue weighted by Crippen LogP contribution is -2.30. The van der Waals surface area contributed by atoms with Gasteiger partial charge in [0.15, 0.2) is 0 Å². The Kier molecular flexibility index (Phi) is 6.31. The maximum Gasteiger partial charge on any atom is 0.0897 e. The fraction of sp³-hybridized carbons (Fsp3) is 0.571. The van der Waals surface area contributed by atoms with Gasteiger partial charge in [0, 0.05) is 37.6 Å². The molecule has 0 aliphatic rings. The molecule has 0 aromatic carbocycles. The van der Waals surface area contributed by atoms with E-state index in [4.69, 9.17) is 4.74 Å². The normalized spacial score (nSPS) is 12.7. The zero-order valence-corrected chi connectivity index (χ0v) is 13.3. The van der Waals surface area contributed by atoms with Crippen LogP contribution >= 0.6 is 11.3 Å². The Balaban J connectivity index is 1.53. The van der Waals surface area contributed by atoms with E-state index in [9.17, 15) is 5.11 Å². The number of aromatic nitrogens is 3. The molecule has 2 aromatic rings. The molecule has 2 heterocycles. The molecule has 0 bridgehead atoms. The van der Waals surface area contributed by atoms with Crippen LogP contribution in [0.3, 0.4) is 0 Å². The molecule has 1 atom stereocenters. The maximum atomic E-state index is 9.82. The number of aliphatic hydroxyl groups excluding tert-OH is 1. The molecule has 0 radical (unpaired) electrons. The molecule has 0 spiro atoms. The minimum atomic E-state index is -0.503. The molecule has 0 aliphatic heterocycles. The van der Waals surface area contributed by atoms with Crippen molar-refractivity contribution in [1.29, 1.82) is 0 Å². The second-order valence-electron chi connectivity index (χ2n) is 4.95. The van der Waals surface area contributed by atoms with Gasteiger partial charge in [-0.05, 0) is 13.0 Å². The predicted octanol–water partition coefficient (Wildman–Crippen LogP) is 0.895. The molecule has 2 aromatic heterocycles. The third-order valence-electron chi connectivity index (χ3n) is 3.08. The SMILES string of the molecule is Cc1ncsc1CCOCC(O)CNCc1ccn(C)n1. The molecule has 116 valence electrons. The Morgan fingerprint density at radius 1 is 1.52 bits per heavy atom. The van der Waals surface area contributed by atoms with Gasteiger partial charge in [-0.25, -0.2) is 4.98 Å². The van der Waals surface area contributed by atoms with Gasteiger partial charge in [0.1, 0.15) is 0 Å². The van der Waals surface area contributed by atoms with Crippen LogP contribution in [0.5, 0.6) is 0 Å². The molecule has 21 heavy (non-hydrogen) atoms. The van der Waals surface area contributed by atoms with Crippen molar-refractivity contribution in [3.8, 4) is 0 Å². The predicted molar refractivity (Wildman–Crippen MR) is 82.3 cm³/mol. The number of nitrogens with one attached hydrogen (secondary N) is 1. The number of nitrogens with zero attached hydrogens (tertiary/aromatic N) is 3. The van der Waals surface area contributed by atoms with Crippen molar-refractivity contribution in [2.24, 2.45) is 7.05 Å². The first-order chi connectivity index (χ1) is 10.1. The molecule has 0 saturated heterocycles. The van der Waals surface area contributed by atoms with Gasteiger partial charge in [-0.3, -0.25) is 4.68 Å². The second-order valence-corrected chi connectivity index (χ2v) is 5.89. The number of hydrogen-bond donors (Lipinski definition) is 2. The lowest BCUT2D eigenvalue weighted by molar-refractivity contribution is 0.0383. The summed E-state index contributed by atoms with van der Waals surface area (Å²) in [4.78, 5) is 5.45. The molecule has 7 heteroatoms. The van der Waals surface area contributed by atoms with Crippen LogP contribution in [-0.2, 0) is 24.8 Å². The van der Waals surface area contributed by atoms with Crippen LogP contribution in [0, 0.1) is 6.92 Å². The average Bonchev–Trinajstić information content (AvgIpc) is 3.04. The highest BCUT2D eigenvalue weighted by Crippen LogP contribution is 2.12. The van der Waals surface area contributed by atoms with Crippen molar-refractivity contribution in [3.63, 3.8) is 0 Å². The minimum Gasteiger partial charge on any atom is -0.389 e. The Hall–Kier alpha value is -1.28. The Morgan fingerprint density at radius 3 is 3.05 bits per heavy atom. The molecular weight excluding hydrogens is 288 g/mol. The summed E-state index contributed by atoms with van der Waals surface area (Å²) >= 11 is 1.65. The molecule has 0 amide bonds. The first kappa shape index (κ1) is 16.1. The fourth-order valence-electron chi connectivity index (χ4n) is 1.93. The van der Waals surface area contributed by atoms with E-state index < -0.39 is 6.10 Å². The van der Waals surface area contributed by atoms with Crippen molar-refractivity contribution < 1.29 is 9.84 Å². The summed E-state index contributed by atoms with van der Waals surface area (Å²) in [5, 5.41) is 17.2. The lowest BCUT2D eigenvalue weighted by Gasteiger charge is -2.11. The molecule has 0 aliphatic carbocycles. The van der Waals surface area contributed by atoms with Gasteiger partial charge in [-0.2, -0.15) is 5.10 Å². The number of ether oxygens (including phenoxy) is 1. The van der Waals surface area contributed by atoms with E-state index in [1.807, 2.05) is 31.7 Å². The largest absolute Gasteiger partial charge is 0.389 e.